The molecule has 6 heteroatoms. The van der Waals surface area contributed by atoms with Gasteiger partial charge >= 0.3 is 6.18 Å². The van der Waals surface area contributed by atoms with E-state index < -0.39 is 11.7 Å². The highest BCUT2D eigenvalue weighted by atomic mass is 19.4. The molecule has 0 amide bonds. The zero-order valence-electron chi connectivity index (χ0n) is 12.4. The van der Waals surface area contributed by atoms with E-state index in [1.807, 2.05) is 12.1 Å². The van der Waals surface area contributed by atoms with Crippen LogP contribution in [0.15, 0.2) is 42.6 Å². The first-order valence-electron chi connectivity index (χ1n) is 7.45. The van der Waals surface area contributed by atoms with Crippen molar-refractivity contribution < 1.29 is 17.9 Å². The number of morpholine rings is 1. The van der Waals surface area contributed by atoms with Gasteiger partial charge in [-0.2, -0.15) is 13.2 Å². The first kappa shape index (κ1) is 16.0. The number of nitrogens with zero attached hydrogens (tertiary/aromatic N) is 1. The average Bonchev–Trinajstić information content (AvgIpc) is 2.56. The maximum atomic E-state index is 12.5. The van der Waals surface area contributed by atoms with Crippen molar-refractivity contribution in [1.29, 1.82) is 0 Å². The third-order valence-electron chi connectivity index (χ3n) is 3.79. The van der Waals surface area contributed by atoms with Crippen LogP contribution in [0.4, 0.5) is 13.2 Å². The van der Waals surface area contributed by atoms with Crippen LogP contribution in [0.1, 0.15) is 28.5 Å². The Bertz CT molecular complexity index is 632. The standard InChI is InChI=1S/C17H17F3N2O/c18-17(19,20)14-4-1-12(2-5-14)9-13-3-6-15(22-10-13)16-11-21-7-8-23-16/h1-6,10,16,21H,7-9,11H2/t16-/m0/s1. The molecule has 122 valence electrons. The summed E-state index contributed by atoms with van der Waals surface area (Å²) in [5, 5.41) is 3.25. The summed E-state index contributed by atoms with van der Waals surface area (Å²) < 4.78 is 43.3. The van der Waals surface area contributed by atoms with Crippen LogP contribution in [-0.4, -0.2) is 24.7 Å². The lowest BCUT2D eigenvalue weighted by molar-refractivity contribution is -0.137. The minimum absolute atomic E-state index is 0.0381. The first-order valence-corrected chi connectivity index (χ1v) is 7.45. The van der Waals surface area contributed by atoms with Crippen molar-refractivity contribution in [3.63, 3.8) is 0 Å². The van der Waals surface area contributed by atoms with Crippen molar-refractivity contribution in [2.75, 3.05) is 19.7 Å². The van der Waals surface area contributed by atoms with Crippen LogP contribution in [0.2, 0.25) is 0 Å². The number of halogens is 3. The zero-order valence-corrected chi connectivity index (χ0v) is 12.4. The summed E-state index contributed by atoms with van der Waals surface area (Å²) in [6.45, 7) is 2.26. The van der Waals surface area contributed by atoms with E-state index in [1.54, 1.807) is 6.20 Å². The number of ether oxygens (including phenoxy) is 1. The number of nitrogens with one attached hydrogen (secondary N) is 1. The molecule has 23 heavy (non-hydrogen) atoms. The van der Waals surface area contributed by atoms with Gasteiger partial charge in [0, 0.05) is 19.3 Å². The molecule has 0 aliphatic carbocycles. The van der Waals surface area contributed by atoms with Gasteiger partial charge in [-0.25, -0.2) is 0 Å². The summed E-state index contributed by atoms with van der Waals surface area (Å²) in [6.07, 6.45) is -2.03. The van der Waals surface area contributed by atoms with Crippen molar-refractivity contribution in [1.82, 2.24) is 10.3 Å². The summed E-state index contributed by atoms with van der Waals surface area (Å²) in [7, 11) is 0. The van der Waals surface area contributed by atoms with Crippen LogP contribution >= 0.6 is 0 Å². The van der Waals surface area contributed by atoms with Crippen molar-refractivity contribution >= 4 is 0 Å². The molecule has 1 aromatic heterocycles. The van der Waals surface area contributed by atoms with E-state index in [9.17, 15) is 13.2 Å². The molecule has 2 heterocycles. The molecule has 1 aliphatic rings. The Labute approximate surface area is 132 Å². The number of hydrogen-bond acceptors (Lipinski definition) is 3. The molecule has 1 N–H and O–H groups in total. The third-order valence-corrected chi connectivity index (χ3v) is 3.79. The number of benzene rings is 1. The molecule has 3 nitrogen and oxygen atoms in total. The molecule has 0 bridgehead atoms. The molecule has 0 unspecified atom stereocenters. The number of alkyl halides is 3. The van der Waals surface area contributed by atoms with Crippen LogP contribution in [0.5, 0.6) is 0 Å². The second kappa shape index (κ2) is 6.68. The van der Waals surface area contributed by atoms with Gasteiger partial charge in [0.15, 0.2) is 0 Å². The molecule has 3 rings (SSSR count). The predicted octanol–water partition coefficient (Wildman–Crippen LogP) is 3.35. The molecule has 2 aromatic rings. The largest absolute Gasteiger partial charge is 0.416 e. The SMILES string of the molecule is FC(F)(F)c1ccc(Cc2ccc([C@@H]3CNCCO3)nc2)cc1. The summed E-state index contributed by atoms with van der Waals surface area (Å²) >= 11 is 0. The highest BCUT2D eigenvalue weighted by Crippen LogP contribution is 2.29. The molecular weight excluding hydrogens is 305 g/mol. The van der Waals surface area contributed by atoms with Crippen LogP contribution in [-0.2, 0) is 17.3 Å². The van der Waals surface area contributed by atoms with E-state index in [0.29, 0.717) is 13.0 Å². The normalized spacial score (nSPS) is 18.8. The fraction of sp³-hybridized carbons (Fsp3) is 0.353. The van der Waals surface area contributed by atoms with Crippen LogP contribution < -0.4 is 5.32 Å². The summed E-state index contributed by atoms with van der Waals surface area (Å²) in [4.78, 5) is 4.41. The monoisotopic (exact) mass is 322 g/mol. The molecule has 1 aromatic carbocycles. The summed E-state index contributed by atoms with van der Waals surface area (Å²) in [6, 6.07) is 9.09. The molecule has 0 saturated carbocycles. The Kier molecular flexibility index (Phi) is 4.63. The zero-order chi connectivity index (χ0) is 16.3. The van der Waals surface area contributed by atoms with Crippen molar-refractivity contribution in [2.24, 2.45) is 0 Å². The highest BCUT2D eigenvalue weighted by Gasteiger charge is 2.29. The van der Waals surface area contributed by atoms with Gasteiger partial charge in [-0.05, 0) is 35.7 Å². The molecule has 1 aliphatic heterocycles. The minimum Gasteiger partial charge on any atom is -0.369 e. The maximum Gasteiger partial charge on any atom is 0.416 e. The van der Waals surface area contributed by atoms with Gasteiger partial charge < -0.3 is 10.1 Å². The van der Waals surface area contributed by atoms with Crippen LogP contribution in [0.3, 0.4) is 0 Å². The van der Waals surface area contributed by atoms with Gasteiger partial charge in [0.25, 0.3) is 0 Å². The summed E-state index contributed by atoms with van der Waals surface area (Å²) in [5.41, 5.74) is 2.02. The van der Waals surface area contributed by atoms with E-state index in [4.69, 9.17) is 4.74 Å². The van der Waals surface area contributed by atoms with E-state index in [-0.39, 0.29) is 6.10 Å². The minimum atomic E-state index is -4.30. The Morgan fingerprint density at radius 1 is 1.09 bits per heavy atom. The van der Waals surface area contributed by atoms with Crippen molar-refractivity contribution in [2.45, 2.75) is 18.7 Å². The van der Waals surface area contributed by atoms with Crippen molar-refractivity contribution in [3.8, 4) is 0 Å². The van der Waals surface area contributed by atoms with Crippen molar-refractivity contribution in [3.05, 3.63) is 65.0 Å². The Balaban J connectivity index is 1.66. The lowest BCUT2D eigenvalue weighted by Gasteiger charge is -2.23. The first-order chi connectivity index (χ1) is 11.0. The number of hydrogen-bond donors (Lipinski definition) is 1. The Morgan fingerprint density at radius 3 is 2.39 bits per heavy atom. The van der Waals surface area contributed by atoms with E-state index in [2.05, 4.69) is 10.3 Å². The van der Waals surface area contributed by atoms with E-state index >= 15 is 0 Å². The smallest absolute Gasteiger partial charge is 0.369 e. The number of rotatable bonds is 3. The van der Waals surface area contributed by atoms with Gasteiger partial charge in [0.1, 0.15) is 6.10 Å². The molecule has 0 radical (unpaired) electrons. The van der Waals surface area contributed by atoms with Gasteiger partial charge in [-0.1, -0.05) is 18.2 Å². The summed E-state index contributed by atoms with van der Waals surface area (Å²) in [5.74, 6) is 0. The molecule has 1 atom stereocenters. The molecule has 0 spiro atoms. The quantitative estimate of drug-likeness (QED) is 0.941. The molecular formula is C17H17F3N2O. The Morgan fingerprint density at radius 2 is 1.83 bits per heavy atom. The van der Waals surface area contributed by atoms with Crippen LogP contribution in [0, 0.1) is 0 Å². The number of pyridine rings is 1. The number of aromatic nitrogens is 1. The van der Waals surface area contributed by atoms with Gasteiger partial charge in [0.2, 0.25) is 0 Å². The lowest BCUT2D eigenvalue weighted by atomic mass is 10.0. The maximum absolute atomic E-state index is 12.5. The predicted molar refractivity (Wildman–Crippen MR) is 80.0 cm³/mol. The van der Waals surface area contributed by atoms with E-state index in [1.165, 1.54) is 12.1 Å². The highest BCUT2D eigenvalue weighted by molar-refractivity contribution is 5.29. The molecule has 1 saturated heterocycles. The molecule has 1 fully saturated rings. The second-order valence-corrected chi connectivity index (χ2v) is 5.53. The second-order valence-electron chi connectivity index (χ2n) is 5.53. The average molecular weight is 322 g/mol. The third kappa shape index (κ3) is 4.09. The van der Waals surface area contributed by atoms with Gasteiger partial charge in [0.05, 0.1) is 17.9 Å². The van der Waals surface area contributed by atoms with Gasteiger partial charge in [-0.15, -0.1) is 0 Å². The lowest BCUT2D eigenvalue weighted by Crippen LogP contribution is -2.33. The van der Waals surface area contributed by atoms with Crippen LogP contribution in [0.25, 0.3) is 0 Å². The fourth-order valence-electron chi connectivity index (χ4n) is 2.53. The van der Waals surface area contributed by atoms with Gasteiger partial charge in [-0.3, -0.25) is 4.98 Å². The topological polar surface area (TPSA) is 34.1 Å². The Hall–Kier alpha value is -1.92. The van der Waals surface area contributed by atoms with E-state index in [0.717, 1.165) is 42.0 Å². The fourth-order valence-corrected chi connectivity index (χ4v) is 2.53.